The highest BCUT2D eigenvalue weighted by Crippen LogP contribution is 2.16. The Morgan fingerprint density at radius 3 is 3.00 bits per heavy atom. The SMILES string of the molecule is CSCc1ccc(C(=O)Nc2cccc(C#N)c2)o1. The lowest BCUT2D eigenvalue weighted by atomic mass is 10.2. The largest absolute Gasteiger partial charge is 0.455 e. The first-order valence-corrected chi connectivity index (χ1v) is 7.01. The van der Waals surface area contributed by atoms with Gasteiger partial charge in [-0.05, 0) is 36.6 Å². The highest BCUT2D eigenvalue weighted by Gasteiger charge is 2.11. The first kappa shape index (κ1) is 13.2. The van der Waals surface area contributed by atoms with E-state index < -0.39 is 0 Å². The number of carbonyl (C=O) groups is 1. The molecule has 1 aromatic heterocycles. The van der Waals surface area contributed by atoms with Gasteiger partial charge in [0.1, 0.15) is 5.76 Å². The van der Waals surface area contributed by atoms with Crippen molar-refractivity contribution < 1.29 is 9.21 Å². The lowest BCUT2D eigenvalue weighted by Crippen LogP contribution is -2.10. The first-order valence-electron chi connectivity index (χ1n) is 5.62. The van der Waals surface area contributed by atoms with Crippen LogP contribution in [0.4, 0.5) is 5.69 Å². The second kappa shape index (κ2) is 6.12. The van der Waals surface area contributed by atoms with Gasteiger partial charge in [-0.2, -0.15) is 17.0 Å². The Morgan fingerprint density at radius 2 is 2.26 bits per heavy atom. The van der Waals surface area contributed by atoms with Gasteiger partial charge in [-0.3, -0.25) is 4.79 Å². The van der Waals surface area contributed by atoms with Crippen molar-refractivity contribution in [2.45, 2.75) is 5.75 Å². The summed E-state index contributed by atoms with van der Waals surface area (Å²) in [5.74, 6) is 1.45. The lowest BCUT2D eigenvalue weighted by molar-refractivity contribution is 0.0995. The van der Waals surface area contributed by atoms with E-state index in [1.807, 2.05) is 12.3 Å². The molecule has 0 saturated heterocycles. The van der Waals surface area contributed by atoms with Gasteiger partial charge < -0.3 is 9.73 Å². The van der Waals surface area contributed by atoms with Gasteiger partial charge in [-0.25, -0.2) is 0 Å². The van der Waals surface area contributed by atoms with Crippen LogP contribution >= 0.6 is 11.8 Å². The van der Waals surface area contributed by atoms with Crippen molar-refractivity contribution in [1.29, 1.82) is 5.26 Å². The van der Waals surface area contributed by atoms with E-state index in [4.69, 9.17) is 9.68 Å². The molecule has 19 heavy (non-hydrogen) atoms. The minimum absolute atomic E-state index is 0.270. The zero-order chi connectivity index (χ0) is 13.7. The smallest absolute Gasteiger partial charge is 0.291 e. The molecule has 0 saturated carbocycles. The molecule has 0 radical (unpaired) electrons. The van der Waals surface area contributed by atoms with E-state index in [0.717, 1.165) is 11.5 Å². The molecule has 0 atom stereocenters. The normalized spacial score (nSPS) is 9.89. The number of thioether (sulfide) groups is 1. The van der Waals surface area contributed by atoms with Gasteiger partial charge >= 0.3 is 0 Å². The molecule has 2 rings (SSSR count). The highest BCUT2D eigenvalue weighted by molar-refractivity contribution is 7.97. The third-order valence-electron chi connectivity index (χ3n) is 2.42. The van der Waals surface area contributed by atoms with Crippen LogP contribution in [-0.2, 0) is 5.75 Å². The fourth-order valence-corrected chi connectivity index (χ4v) is 2.02. The Kier molecular flexibility index (Phi) is 4.26. The third-order valence-corrected chi connectivity index (χ3v) is 2.99. The maximum absolute atomic E-state index is 11.9. The van der Waals surface area contributed by atoms with Crippen LogP contribution in [0.25, 0.3) is 0 Å². The molecular weight excluding hydrogens is 260 g/mol. The predicted octanol–water partition coefficient (Wildman–Crippen LogP) is 3.27. The van der Waals surface area contributed by atoms with Crippen LogP contribution in [0.3, 0.4) is 0 Å². The number of hydrogen-bond acceptors (Lipinski definition) is 4. The number of rotatable bonds is 4. The number of amides is 1. The van der Waals surface area contributed by atoms with Crippen molar-refractivity contribution in [2.24, 2.45) is 0 Å². The van der Waals surface area contributed by atoms with Gasteiger partial charge in [0.2, 0.25) is 0 Å². The Labute approximate surface area is 115 Å². The number of nitriles is 1. The van der Waals surface area contributed by atoms with Gasteiger partial charge in [-0.1, -0.05) is 6.07 Å². The lowest BCUT2D eigenvalue weighted by Gasteiger charge is -2.03. The van der Waals surface area contributed by atoms with Crippen molar-refractivity contribution >= 4 is 23.4 Å². The fraction of sp³-hybridized carbons (Fsp3) is 0.143. The summed E-state index contributed by atoms with van der Waals surface area (Å²) in [5.41, 5.74) is 1.08. The van der Waals surface area contributed by atoms with E-state index in [1.165, 1.54) is 0 Å². The van der Waals surface area contributed by atoms with Gasteiger partial charge in [0.05, 0.1) is 17.4 Å². The molecule has 0 aliphatic carbocycles. The Balaban J connectivity index is 2.09. The van der Waals surface area contributed by atoms with E-state index in [9.17, 15) is 4.79 Å². The molecule has 0 spiro atoms. The molecule has 0 unspecified atom stereocenters. The van der Waals surface area contributed by atoms with E-state index in [1.54, 1.807) is 48.2 Å². The van der Waals surface area contributed by atoms with E-state index in [-0.39, 0.29) is 11.7 Å². The second-order valence-electron chi connectivity index (χ2n) is 3.85. The van der Waals surface area contributed by atoms with Crippen molar-refractivity contribution in [1.82, 2.24) is 0 Å². The van der Waals surface area contributed by atoms with Gasteiger partial charge in [0, 0.05) is 5.69 Å². The maximum Gasteiger partial charge on any atom is 0.291 e. The molecule has 0 bridgehead atoms. The standard InChI is InChI=1S/C14H12N2O2S/c1-19-9-12-5-6-13(18-12)14(17)16-11-4-2-3-10(7-11)8-15/h2-7H,9H2,1H3,(H,16,17). The van der Waals surface area contributed by atoms with E-state index >= 15 is 0 Å². The van der Waals surface area contributed by atoms with E-state index in [2.05, 4.69) is 5.32 Å². The summed E-state index contributed by atoms with van der Waals surface area (Å²) < 4.78 is 5.42. The summed E-state index contributed by atoms with van der Waals surface area (Å²) in [7, 11) is 0. The summed E-state index contributed by atoms with van der Waals surface area (Å²) in [6, 6.07) is 12.2. The summed E-state index contributed by atoms with van der Waals surface area (Å²) in [6.45, 7) is 0. The van der Waals surface area contributed by atoms with Gasteiger partial charge in [0.15, 0.2) is 5.76 Å². The van der Waals surface area contributed by atoms with Crippen LogP contribution in [0.2, 0.25) is 0 Å². The predicted molar refractivity (Wildman–Crippen MR) is 75.0 cm³/mol. The van der Waals surface area contributed by atoms with Gasteiger partial charge in [-0.15, -0.1) is 0 Å². The van der Waals surface area contributed by atoms with Crippen LogP contribution in [-0.4, -0.2) is 12.2 Å². The number of hydrogen-bond donors (Lipinski definition) is 1. The molecule has 1 heterocycles. The second-order valence-corrected chi connectivity index (χ2v) is 4.71. The molecule has 5 heteroatoms. The minimum atomic E-state index is -0.317. The molecule has 2 aromatic rings. The number of carbonyl (C=O) groups excluding carboxylic acids is 1. The zero-order valence-corrected chi connectivity index (χ0v) is 11.2. The van der Waals surface area contributed by atoms with Crippen molar-refractivity contribution in [2.75, 3.05) is 11.6 Å². The molecular formula is C14H12N2O2S. The maximum atomic E-state index is 11.9. The molecule has 96 valence electrons. The monoisotopic (exact) mass is 272 g/mol. The molecule has 0 aliphatic heterocycles. The molecule has 1 amide bonds. The van der Waals surface area contributed by atoms with Crippen molar-refractivity contribution in [3.05, 3.63) is 53.5 Å². The van der Waals surface area contributed by atoms with Crippen LogP contribution in [0, 0.1) is 11.3 Å². The molecule has 1 N–H and O–H groups in total. The summed E-state index contributed by atoms with van der Waals surface area (Å²) in [5, 5.41) is 11.5. The van der Waals surface area contributed by atoms with Gasteiger partial charge in [0.25, 0.3) is 5.91 Å². The summed E-state index contributed by atoms with van der Waals surface area (Å²) >= 11 is 1.63. The van der Waals surface area contributed by atoms with Crippen molar-refractivity contribution in [3.8, 4) is 6.07 Å². The van der Waals surface area contributed by atoms with Crippen LogP contribution in [0.5, 0.6) is 0 Å². The third kappa shape index (κ3) is 3.39. The van der Waals surface area contributed by atoms with E-state index in [0.29, 0.717) is 11.3 Å². The average Bonchev–Trinajstić information content (AvgIpc) is 2.88. The Morgan fingerprint density at radius 1 is 1.42 bits per heavy atom. The number of nitrogens with one attached hydrogen (secondary N) is 1. The molecule has 1 aromatic carbocycles. The van der Waals surface area contributed by atoms with Crippen molar-refractivity contribution in [3.63, 3.8) is 0 Å². The summed E-state index contributed by atoms with van der Waals surface area (Å²) in [6.07, 6.45) is 1.97. The average molecular weight is 272 g/mol. The number of benzene rings is 1. The highest BCUT2D eigenvalue weighted by atomic mass is 32.2. The number of anilines is 1. The fourth-order valence-electron chi connectivity index (χ4n) is 1.58. The molecule has 0 fully saturated rings. The quantitative estimate of drug-likeness (QED) is 0.927. The zero-order valence-electron chi connectivity index (χ0n) is 10.3. The Hall–Kier alpha value is -2.19. The Bertz CT molecular complexity index is 628. The first-order chi connectivity index (χ1) is 9.22. The van der Waals surface area contributed by atoms with Crippen LogP contribution in [0.15, 0.2) is 40.8 Å². The number of furan rings is 1. The molecule has 0 aliphatic rings. The van der Waals surface area contributed by atoms with Crippen LogP contribution < -0.4 is 5.32 Å². The minimum Gasteiger partial charge on any atom is -0.455 e. The number of nitrogens with zero attached hydrogens (tertiary/aromatic N) is 1. The van der Waals surface area contributed by atoms with Crippen LogP contribution in [0.1, 0.15) is 21.9 Å². The topological polar surface area (TPSA) is 66.0 Å². The molecule has 4 nitrogen and oxygen atoms in total. The summed E-state index contributed by atoms with van der Waals surface area (Å²) in [4.78, 5) is 11.9.